The fourth-order valence-electron chi connectivity index (χ4n) is 3.43. The van der Waals surface area contributed by atoms with Gasteiger partial charge in [-0.2, -0.15) is 0 Å². The second-order valence-corrected chi connectivity index (χ2v) is 7.45. The maximum atomic E-state index is 12.8. The zero-order valence-electron chi connectivity index (χ0n) is 13.7. The molecule has 5 nitrogen and oxygen atoms in total. The molecule has 0 spiro atoms. The number of carbonyl (C=O) groups excluding carboxylic acids is 1. The van der Waals surface area contributed by atoms with Crippen LogP contribution in [-0.2, 0) is 22.4 Å². The smallest absolute Gasteiger partial charge is 0.234 e. The molecule has 7 heteroatoms. The number of nitrogens with one attached hydrogen (secondary N) is 2. The summed E-state index contributed by atoms with van der Waals surface area (Å²) in [5.74, 6) is 0.0692. The summed E-state index contributed by atoms with van der Waals surface area (Å²) in [4.78, 5) is 18.8. The molecule has 1 aliphatic heterocycles. The van der Waals surface area contributed by atoms with Gasteiger partial charge in [0, 0.05) is 12.0 Å². The lowest BCUT2D eigenvalue weighted by atomic mass is 9.79. The first-order chi connectivity index (χ1) is 10.7. The van der Waals surface area contributed by atoms with Gasteiger partial charge in [-0.05, 0) is 51.6 Å². The Labute approximate surface area is 148 Å². The molecule has 1 aromatic heterocycles. The van der Waals surface area contributed by atoms with Gasteiger partial charge in [-0.25, -0.2) is 4.98 Å². The molecule has 1 aromatic rings. The molecule has 3 rings (SSSR count). The number of hydrogen-bond acceptors (Lipinski definition) is 5. The number of nitrogens with zero attached hydrogens (tertiary/aromatic N) is 1. The Morgan fingerprint density at radius 2 is 2.04 bits per heavy atom. The first kappa shape index (κ1) is 18.6. The topological polar surface area (TPSA) is 63.2 Å². The van der Waals surface area contributed by atoms with Crippen molar-refractivity contribution in [3.63, 3.8) is 0 Å². The molecule has 2 N–H and O–H groups in total. The van der Waals surface area contributed by atoms with Gasteiger partial charge < -0.3 is 15.4 Å². The van der Waals surface area contributed by atoms with E-state index in [1.807, 2.05) is 0 Å². The minimum Gasteiger partial charge on any atom is -0.384 e. The van der Waals surface area contributed by atoms with Crippen molar-refractivity contribution in [2.75, 3.05) is 32.1 Å². The predicted octanol–water partition coefficient (Wildman–Crippen LogP) is 2.79. The fraction of sp³-hybridized carbons (Fsp3) is 0.750. The van der Waals surface area contributed by atoms with Gasteiger partial charge in [-0.1, -0.05) is 6.42 Å². The number of aryl methyl sites for hydroxylation is 2. The number of halogens is 1. The van der Waals surface area contributed by atoms with Crippen molar-refractivity contribution >= 4 is 34.8 Å². The summed E-state index contributed by atoms with van der Waals surface area (Å²) in [6.45, 7) is 2.21. The Kier molecular flexibility index (Phi) is 6.83. The average molecular weight is 360 g/mol. The van der Waals surface area contributed by atoms with Crippen molar-refractivity contribution < 1.29 is 9.53 Å². The summed E-state index contributed by atoms with van der Waals surface area (Å²) in [7, 11) is 1.67. The number of piperidine rings is 1. The monoisotopic (exact) mass is 359 g/mol. The summed E-state index contributed by atoms with van der Waals surface area (Å²) in [6, 6.07) is 0. The van der Waals surface area contributed by atoms with Crippen LogP contribution in [0.25, 0.3) is 0 Å². The number of fused-ring (bicyclic) bond motifs is 1. The highest BCUT2D eigenvalue weighted by atomic mass is 35.5. The molecule has 0 atom stereocenters. The highest BCUT2D eigenvalue weighted by Gasteiger charge is 2.40. The van der Waals surface area contributed by atoms with E-state index in [1.165, 1.54) is 29.8 Å². The van der Waals surface area contributed by atoms with Gasteiger partial charge in [-0.3, -0.25) is 4.79 Å². The first-order valence-electron chi connectivity index (χ1n) is 8.23. The van der Waals surface area contributed by atoms with Crippen LogP contribution in [0.15, 0.2) is 0 Å². The molecular formula is C16H26ClN3O2S. The Balaban J connectivity index is 0.00000192. The largest absolute Gasteiger partial charge is 0.384 e. The molecule has 1 saturated heterocycles. The van der Waals surface area contributed by atoms with Crippen LogP contribution < -0.4 is 10.6 Å². The first-order valence-corrected chi connectivity index (χ1v) is 9.05. The number of methoxy groups -OCH3 is 1. The van der Waals surface area contributed by atoms with Gasteiger partial charge in [0.15, 0.2) is 5.13 Å². The molecule has 23 heavy (non-hydrogen) atoms. The molecule has 0 unspecified atom stereocenters. The molecule has 1 aliphatic carbocycles. The van der Waals surface area contributed by atoms with Crippen molar-refractivity contribution in [2.45, 2.75) is 44.9 Å². The summed E-state index contributed by atoms with van der Waals surface area (Å²) in [5, 5.41) is 7.16. The zero-order chi connectivity index (χ0) is 15.4. The number of thiazole rings is 1. The molecule has 0 aromatic carbocycles. The van der Waals surface area contributed by atoms with E-state index in [-0.39, 0.29) is 18.3 Å². The van der Waals surface area contributed by atoms with E-state index in [9.17, 15) is 4.79 Å². The van der Waals surface area contributed by atoms with Crippen molar-refractivity contribution in [1.29, 1.82) is 0 Å². The molecule has 0 radical (unpaired) electrons. The molecule has 2 aliphatic rings. The molecule has 130 valence electrons. The minimum atomic E-state index is -0.414. The third-order valence-corrected chi connectivity index (χ3v) is 5.85. The van der Waals surface area contributed by atoms with Crippen LogP contribution in [0.3, 0.4) is 0 Å². The maximum Gasteiger partial charge on any atom is 0.234 e. The normalized spacial score (nSPS) is 20.0. The Bertz CT molecular complexity index is 500. The number of anilines is 1. The van der Waals surface area contributed by atoms with Gasteiger partial charge in [-0.15, -0.1) is 23.7 Å². The average Bonchev–Trinajstić information content (AvgIpc) is 2.77. The predicted molar refractivity (Wildman–Crippen MR) is 95.7 cm³/mol. The van der Waals surface area contributed by atoms with E-state index in [0.29, 0.717) is 6.61 Å². The van der Waals surface area contributed by atoms with Crippen molar-refractivity contribution in [3.05, 3.63) is 10.6 Å². The Hall–Kier alpha value is -0.690. The molecule has 2 heterocycles. The number of amides is 1. The zero-order valence-corrected chi connectivity index (χ0v) is 15.3. The second-order valence-electron chi connectivity index (χ2n) is 6.37. The van der Waals surface area contributed by atoms with Crippen LogP contribution in [0.2, 0.25) is 0 Å². The summed E-state index contributed by atoms with van der Waals surface area (Å²) < 4.78 is 5.34. The van der Waals surface area contributed by atoms with Gasteiger partial charge in [0.05, 0.1) is 17.7 Å². The molecule has 0 bridgehead atoms. The molecular weight excluding hydrogens is 334 g/mol. The lowest BCUT2D eigenvalue weighted by molar-refractivity contribution is -0.130. The Morgan fingerprint density at radius 3 is 2.78 bits per heavy atom. The SMILES string of the molecule is COCC1(C(=O)Nc2nc3c(s2)CCCCC3)CCNCC1.Cl. The van der Waals surface area contributed by atoms with E-state index in [1.54, 1.807) is 18.4 Å². The standard InChI is InChI=1S/C16H25N3O2S.ClH/c1-21-11-16(7-9-17-10-8-16)14(20)19-15-18-12-5-3-2-4-6-13(12)22-15;/h17H,2-11H2,1H3,(H,18,19,20);1H. The maximum absolute atomic E-state index is 12.8. The summed E-state index contributed by atoms with van der Waals surface area (Å²) >= 11 is 1.66. The van der Waals surface area contributed by atoms with E-state index in [4.69, 9.17) is 4.74 Å². The van der Waals surface area contributed by atoms with Crippen molar-refractivity contribution in [3.8, 4) is 0 Å². The molecule has 0 saturated carbocycles. The number of rotatable bonds is 4. The number of carbonyl (C=O) groups is 1. The number of ether oxygens (including phenoxy) is 1. The van der Waals surface area contributed by atoms with E-state index < -0.39 is 5.41 Å². The highest BCUT2D eigenvalue weighted by molar-refractivity contribution is 7.15. The minimum absolute atomic E-state index is 0. The molecule has 1 amide bonds. The van der Waals surface area contributed by atoms with Crippen LogP contribution in [0, 0.1) is 5.41 Å². The van der Waals surface area contributed by atoms with Crippen LogP contribution in [-0.4, -0.2) is 37.7 Å². The van der Waals surface area contributed by atoms with Gasteiger partial charge in [0.1, 0.15) is 0 Å². The molecule has 1 fully saturated rings. The van der Waals surface area contributed by atoms with E-state index in [2.05, 4.69) is 15.6 Å². The summed E-state index contributed by atoms with van der Waals surface area (Å²) in [6.07, 6.45) is 7.53. The van der Waals surface area contributed by atoms with Crippen molar-refractivity contribution in [1.82, 2.24) is 10.3 Å². The summed E-state index contributed by atoms with van der Waals surface area (Å²) in [5.41, 5.74) is 0.784. The van der Waals surface area contributed by atoms with Crippen LogP contribution in [0.1, 0.15) is 42.7 Å². The number of aromatic nitrogens is 1. The van der Waals surface area contributed by atoms with Crippen LogP contribution in [0.5, 0.6) is 0 Å². The lowest BCUT2D eigenvalue weighted by Gasteiger charge is -2.35. The van der Waals surface area contributed by atoms with Crippen molar-refractivity contribution in [2.24, 2.45) is 5.41 Å². The third kappa shape index (κ3) is 4.24. The van der Waals surface area contributed by atoms with Gasteiger partial charge in [0.25, 0.3) is 0 Å². The fourth-order valence-corrected chi connectivity index (χ4v) is 4.48. The Morgan fingerprint density at radius 1 is 1.30 bits per heavy atom. The highest BCUT2D eigenvalue weighted by Crippen LogP contribution is 2.33. The van der Waals surface area contributed by atoms with Gasteiger partial charge >= 0.3 is 0 Å². The number of hydrogen-bond donors (Lipinski definition) is 2. The van der Waals surface area contributed by atoms with Crippen LogP contribution in [0.4, 0.5) is 5.13 Å². The van der Waals surface area contributed by atoms with E-state index in [0.717, 1.165) is 43.9 Å². The quantitative estimate of drug-likeness (QED) is 0.811. The van der Waals surface area contributed by atoms with Gasteiger partial charge in [0.2, 0.25) is 5.91 Å². The van der Waals surface area contributed by atoms with E-state index >= 15 is 0 Å². The van der Waals surface area contributed by atoms with Crippen LogP contribution >= 0.6 is 23.7 Å². The second kappa shape index (κ2) is 8.42. The lowest BCUT2D eigenvalue weighted by Crippen LogP contribution is -2.47. The third-order valence-electron chi connectivity index (χ3n) is 4.78.